The highest BCUT2D eigenvalue weighted by atomic mass is 16.6. The Morgan fingerprint density at radius 1 is 1.30 bits per heavy atom. The molecular weight excluding hydrogens is 382 g/mol. The van der Waals surface area contributed by atoms with E-state index in [1.54, 1.807) is 11.0 Å². The van der Waals surface area contributed by atoms with Gasteiger partial charge >= 0.3 is 6.09 Å². The van der Waals surface area contributed by atoms with Crippen LogP contribution in [0.4, 0.5) is 4.79 Å². The van der Waals surface area contributed by atoms with Crippen molar-refractivity contribution < 1.29 is 24.5 Å². The van der Waals surface area contributed by atoms with Crippen molar-refractivity contribution in [2.75, 3.05) is 13.2 Å². The lowest BCUT2D eigenvalue weighted by Gasteiger charge is -2.50. The summed E-state index contributed by atoms with van der Waals surface area (Å²) in [7, 11) is 0. The SMILES string of the molecule is C=CC1=CC(COCc2ccccc2)C2(CCCN2C(=O)OC(C)(C)C)C(O)C1O. The maximum Gasteiger partial charge on any atom is 0.410 e. The Morgan fingerprint density at radius 3 is 2.63 bits per heavy atom. The second-order valence-corrected chi connectivity index (χ2v) is 9.09. The molecule has 3 rings (SSSR count). The maximum atomic E-state index is 13.0. The third-order valence-corrected chi connectivity index (χ3v) is 5.91. The van der Waals surface area contributed by atoms with Crippen LogP contribution in [0, 0.1) is 5.92 Å². The van der Waals surface area contributed by atoms with E-state index in [1.165, 1.54) is 0 Å². The van der Waals surface area contributed by atoms with Gasteiger partial charge < -0.3 is 19.7 Å². The topological polar surface area (TPSA) is 79.2 Å². The molecule has 0 bridgehead atoms. The smallest absolute Gasteiger partial charge is 0.410 e. The fraction of sp³-hybridized carbons (Fsp3) is 0.542. The second-order valence-electron chi connectivity index (χ2n) is 9.09. The van der Waals surface area contributed by atoms with Gasteiger partial charge in [0.15, 0.2) is 0 Å². The van der Waals surface area contributed by atoms with Gasteiger partial charge in [0.1, 0.15) is 17.8 Å². The summed E-state index contributed by atoms with van der Waals surface area (Å²) < 4.78 is 11.6. The third-order valence-electron chi connectivity index (χ3n) is 5.91. The van der Waals surface area contributed by atoms with Gasteiger partial charge in [0.2, 0.25) is 0 Å². The van der Waals surface area contributed by atoms with Crippen LogP contribution in [0.3, 0.4) is 0 Å². The Morgan fingerprint density at radius 2 is 2.00 bits per heavy atom. The third kappa shape index (κ3) is 4.46. The second kappa shape index (κ2) is 8.92. The molecule has 1 aromatic carbocycles. The molecule has 0 aromatic heterocycles. The van der Waals surface area contributed by atoms with Crippen LogP contribution in [0.15, 0.2) is 54.6 Å². The molecule has 6 heteroatoms. The maximum absolute atomic E-state index is 13.0. The summed E-state index contributed by atoms with van der Waals surface area (Å²) in [6.07, 6.45) is 1.97. The summed E-state index contributed by atoms with van der Waals surface area (Å²) in [4.78, 5) is 14.6. The van der Waals surface area contributed by atoms with Crippen LogP contribution in [0.1, 0.15) is 39.2 Å². The first-order chi connectivity index (χ1) is 14.2. The average Bonchev–Trinajstić information content (AvgIpc) is 3.14. The van der Waals surface area contributed by atoms with Gasteiger partial charge in [0, 0.05) is 12.5 Å². The first-order valence-corrected chi connectivity index (χ1v) is 10.5. The van der Waals surface area contributed by atoms with Crippen LogP contribution >= 0.6 is 0 Å². The number of aliphatic hydroxyl groups excluding tert-OH is 2. The Labute approximate surface area is 178 Å². The number of nitrogens with zero attached hydrogens (tertiary/aromatic N) is 1. The lowest BCUT2D eigenvalue weighted by Crippen LogP contribution is -2.65. The summed E-state index contributed by atoms with van der Waals surface area (Å²) in [5.41, 5.74) is -0.0328. The molecule has 4 unspecified atom stereocenters. The zero-order chi connectivity index (χ0) is 21.9. The molecule has 1 heterocycles. The summed E-state index contributed by atoms with van der Waals surface area (Å²) >= 11 is 0. The fourth-order valence-corrected chi connectivity index (χ4v) is 4.54. The number of benzene rings is 1. The van der Waals surface area contributed by atoms with Crippen LogP contribution in [0.2, 0.25) is 0 Å². The first-order valence-electron chi connectivity index (χ1n) is 10.5. The first kappa shape index (κ1) is 22.5. The van der Waals surface area contributed by atoms with E-state index in [0.717, 1.165) is 12.0 Å². The molecule has 4 atom stereocenters. The van der Waals surface area contributed by atoms with E-state index < -0.39 is 29.4 Å². The molecule has 0 radical (unpaired) electrons. The highest BCUT2D eigenvalue weighted by Crippen LogP contribution is 2.46. The minimum Gasteiger partial charge on any atom is -0.444 e. The fourth-order valence-electron chi connectivity index (χ4n) is 4.54. The Balaban J connectivity index is 1.88. The lowest BCUT2D eigenvalue weighted by molar-refractivity contribution is -0.106. The molecule has 1 amide bonds. The van der Waals surface area contributed by atoms with Crippen LogP contribution < -0.4 is 0 Å². The van der Waals surface area contributed by atoms with Crippen molar-refractivity contribution in [1.82, 2.24) is 4.90 Å². The van der Waals surface area contributed by atoms with Crippen molar-refractivity contribution >= 4 is 6.09 Å². The average molecular weight is 416 g/mol. The molecule has 1 spiro atoms. The molecule has 2 N–H and O–H groups in total. The van der Waals surface area contributed by atoms with E-state index in [1.807, 2.05) is 57.2 Å². The van der Waals surface area contributed by atoms with Crippen LogP contribution in [-0.2, 0) is 16.1 Å². The van der Waals surface area contributed by atoms with Gasteiger partial charge in [-0.2, -0.15) is 0 Å². The Kier molecular flexibility index (Phi) is 6.70. The van der Waals surface area contributed by atoms with Gasteiger partial charge in [0.25, 0.3) is 0 Å². The van der Waals surface area contributed by atoms with Crippen LogP contribution in [-0.4, -0.2) is 57.7 Å². The molecule has 1 fully saturated rings. The van der Waals surface area contributed by atoms with Gasteiger partial charge in [-0.1, -0.05) is 49.1 Å². The summed E-state index contributed by atoms with van der Waals surface area (Å²) in [5, 5.41) is 21.9. The molecule has 0 saturated carbocycles. The zero-order valence-corrected chi connectivity index (χ0v) is 18.1. The van der Waals surface area contributed by atoms with E-state index in [9.17, 15) is 15.0 Å². The predicted molar refractivity (Wildman–Crippen MR) is 115 cm³/mol. The van der Waals surface area contributed by atoms with Gasteiger partial charge in [-0.15, -0.1) is 0 Å². The van der Waals surface area contributed by atoms with Crippen LogP contribution in [0.5, 0.6) is 0 Å². The van der Waals surface area contributed by atoms with Crippen molar-refractivity contribution in [3.05, 3.63) is 60.2 Å². The monoisotopic (exact) mass is 415 g/mol. The molecule has 30 heavy (non-hydrogen) atoms. The number of hydrogen-bond donors (Lipinski definition) is 2. The highest BCUT2D eigenvalue weighted by molar-refractivity contribution is 5.70. The van der Waals surface area contributed by atoms with Gasteiger partial charge in [0.05, 0.1) is 18.8 Å². The van der Waals surface area contributed by atoms with Crippen molar-refractivity contribution in [3.8, 4) is 0 Å². The normalized spacial score (nSPS) is 29.0. The van der Waals surface area contributed by atoms with E-state index >= 15 is 0 Å². The Hall–Kier alpha value is -2.15. The van der Waals surface area contributed by atoms with Gasteiger partial charge in [-0.25, -0.2) is 4.79 Å². The number of carbonyl (C=O) groups excluding carboxylic acids is 1. The minimum absolute atomic E-state index is 0.301. The van der Waals surface area contributed by atoms with Gasteiger partial charge in [-0.3, -0.25) is 4.90 Å². The molecule has 1 aliphatic heterocycles. The number of carbonyl (C=O) groups is 1. The van der Waals surface area contributed by atoms with Crippen molar-refractivity contribution in [1.29, 1.82) is 0 Å². The quantitative estimate of drug-likeness (QED) is 0.770. The van der Waals surface area contributed by atoms with E-state index in [4.69, 9.17) is 9.47 Å². The molecule has 6 nitrogen and oxygen atoms in total. The standard InChI is InChI=1S/C24H33NO5/c1-5-18-14-19(16-29-15-17-10-7-6-8-11-17)24(21(27)20(18)26)12-9-13-25(24)22(28)30-23(2,3)4/h5-8,10-11,14,19-21,26-27H,1,9,12-13,15-16H2,2-4H3. The molecule has 1 aromatic rings. The molecule has 2 aliphatic rings. The number of rotatable bonds is 5. The lowest BCUT2D eigenvalue weighted by atomic mass is 9.69. The van der Waals surface area contributed by atoms with E-state index in [2.05, 4.69) is 6.58 Å². The van der Waals surface area contributed by atoms with E-state index in [-0.39, 0.29) is 5.92 Å². The van der Waals surface area contributed by atoms with Crippen molar-refractivity contribution in [2.45, 2.75) is 63.6 Å². The molecule has 1 saturated heterocycles. The largest absolute Gasteiger partial charge is 0.444 e. The molecular formula is C24H33NO5. The molecule has 164 valence electrons. The predicted octanol–water partition coefficient (Wildman–Crippen LogP) is 3.44. The summed E-state index contributed by atoms with van der Waals surface area (Å²) in [6.45, 7) is 10.4. The number of aliphatic hydroxyl groups is 2. The molecule has 1 aliphatic carbocycles. The number of ether oxygens (including phenoxy) is 2. The highest BCUT2D eigenvalue weighted by Gasteiger charge is 2.58. The minimum atomic E-state index is -1.16. The summed E-state index contributed by atoms with van der Waals surface area (Å²) in [5.74, 6) is -0.303. The summed E-state index contributed by atoms with van der Waals surface area (Å²) in [6, 6.07) is 9.84. The van der Waals surface area contributed by atoms with E-state index in [0.29, 0.717) is 31.8 Å². The number of hydrogen-bond acceptors (Lipinski definition) is 5. The van der Waals surface area contributed by atoms with Crippen molar-refractivity contribution in [2.24, 2.45) is 5.92 Å². The Bertz CT molecular complexity index is 785. The zero-order valence-electron chi connectivity index (χ0n) is 18.1. The number of amides is 1. The van der Waals surface area contributed by atoms with Crippen molar-refractivity contribution in [3.63, 3.8) is 0 Å². The van der Waals surface area contributed by atoms with Gasteiger partial charge in [-0.05, 0) is 44.7 Å². The number of likely N-dealkylation sites (tertiary alicyclic amines) is 1. The van der Waals surface area contributed by atoms with Crippen LogP contribution in [0.25, 0.3) is 0 Å².